The lowest BCUT2D eigenvalue weighted by Crippen LogP contribution is -3.07. The number of aliphatic hydroxyl groups excluding tert-OH is 1. The van der Waals surface area contributed by atoms with Gasteiger partial charge in [-0.05, 0) is 17.5 Å². The molecule has 4 nitrogen and oxygen atoms in total. The molecule has 1 aliphatic heterocycles. The summed E-state index contributed by atoms with van der Waals surface area (Å²) in [7, 11) is 2.00. The van der Waals surface area contributed by atoms with Crippen molar-refractivity contribution < 1.29 is 10.0 Å². The van der Waals surface area contributed by atoms with Crippen molar-refractivity contribution in [3.63, 3.8) is 0 Å². The van der Waals surface area contributed by atoms with Gasteiger partial charge in [-0.1, -0.05) is 18.2 Å². The molecule has 0 saturated carbocycles. The third-order valence-corrected chi connectivity index (χ3v) is 4.01. The zero-order valence-electron chi connectivity index (χ0n) is 11.3. The second-order valence-corrected chi connectivity index (χ2v) is 5.15. The van der Waals surface area contributed by atoms with Gasteiger partial charge in [0.15, 0.2) is 0 Å². The number of fused-ring (bicyclic) bond motifs is 1. The van der Waals surface area contributed by atoms with Crippen molar-refractivity contribution in [1.82, 2.24) is 9.78 Å². The van der Waals surface area contributed by atoms with Crippen molar-refractivity contribution in [3.8, 4) is 0 Å². The van der Waals surface area contributed by atoms with E-state index < -0.39 is 0 Å². The minimum atomic E-state index is 0.231. The zero-order valence-corrected chi connectivity index (χ0v) is 11.3. The van der Waals surface area contributed by atoms with Crippen LogP contribution in [-0.4, -0.2) is 28.0 Å². The van der Waals surface area contributed by atoms with E-state index in [1.807, 2.05) is 17.9 Å². The first-order valence-corrected chi connectivity index (χ1v) is 6.83. The molecule has 2 N–H and O–H groups in total. The van der Waals surface area contributed by atoms with Crippen molar-refractivity contribution in [2.24, 2.45) is 7.05 Å². The number of hydrogen-bond acceptors (Lipinski definition) is 2. The van der Waals surface area contributed by atoms with Gasteiger partial charge in [0.05, 0.1) is 12.7 Å². The number of hydrogen-bond donors (Lipinski definition) is 2. The number of rotatable bonds is 3. The van der Waals surface area contributed by atoms with Gasteiger partial charge in [-0.2, -0.15) is 5.10 Å². The summed E-state index contributed by atoms with van der Waals surface area (Å²) in [5.41, 5.74) is 4.17. The Morgan fingerprint density at radius 1 is 1.37 bits per heavy atom. The van der Waals surface area contributed by atoms with Crippen LogP contribution in [0.4, 0.5) is 5.82 Å². The number of nitrogens with one attached hydrogen (secondary N) is 1. The lowest BCUT2D eigenvalue weighted by molar-refractivity contribution is -0.853. The molecule has 1 atom stereocenters. The Balaban J connectivity index is 1.89. The molecule has 3 rings (SSSR count). The number of aromatic nitrogens is 2. The number of benzene rings is 1. The Morgan fingerprint density at radius 3 is 3.00 bits per heavy atom. The average molecular weight is 258 g/mol. The monoisotopic (exact) mass is 258 g/mol. The van der Waals surface area contributed by atoms with Gasteiger partial charge in [-0.3, -0.25) is 4.90 Å². The van der Waals surface area contributed by atoms with E-state index in [9.17, 15) is 0 Å². The molecule has 4 heteroatoms. The van der Waals surface area contributed by atoms with E-state index in [2.05, 4.69) is 29.4 Å². The van der Waals surface area contributed by atoms with E-state index in [4.69, 9.17) is 5.11 Å². The van der Waals surface area contributed by atoms with Crippen LogP contribution < -0.4 is 4.90 Å². The topological polar surface area (TPSA) is 42.5 Å². The SMILES string of the molecule is Cn1nccc1[NH+]1CCc2c(CCO)cccc2C1. The quantitative estimate of drug-likeness (QED) is 0.827. The van der Waals surface area contributed by atoms with Crippen molar-refractivity contribution in [2.75, 3.05) is 13.2 Å². The van der Waals surface area contributed by atoms with Crippen LogP contribution in [0.25, 0.3) is 0 Å². The fourth-order valence-electron chi connectivity index (χ4n) is 3.06. The predicted molar refractivity (Wildman–Crippen MR) is 73.3 cm³/mol. The van der Waals surface area contributed by atoms with E-state index in [1.165, 1.54) is 27.4 Å². The molecule has 0 radical (unpaired) electrons. The highest BCUT2D eigenvalue weighted by atomic mass is 16.2. The van der Waals surface area contributed by atoms with Gasteiger partial charge in [0.25, 0.3) is 0 Å². The van der Waals surface area contributed by atoms with Crippen LogP contribution in [0.1, 0.15) is 16.7 Å². The molecule has 100 valence electrons. The molecule has 0 saturated heterocycles. The number of quaternary nitrogens is 1. The molecule has 2 heterocycles. The summed E-state index contributed by atoms with van der Waals surface area (Å²) in [5, 5.41) is 13.4. The highest BCUT2D eigenvalue weighted by molar-refractivity contribution is 5.36. The third kappa shape index (κ3) is 2.29. The van der Waals surface area contributed by atoms with Crippen molar-refractivity contribution in [2.45, 2.75) is 19.4 Å². The van der Waals surface area contributed by atoms with E-state index >= 15 is 0 Å². The van der Waals surface area contributed by atoms with Crippen molar-refractivity contribution in [1.29, 1.82) is 0 Å². The molecule has 1 aromatic carbocycles. The fraction of sp³-hybridized carbons (Fsp3) is 0.400. The van der Waals surface area contributed by atoms with Crippen LogP contribution in [0.5, 0.6) is 0 Å². The maximum Gasteiger partial charge on any atom is 0.224 e. The van der Waals surface area contributed by atoms with Crippen LogP contribution >= 0.6 is 0 Å². The van der Waals surface area contributed by atoms with Gasteiger partial charge in [0.2, 0.25) is 5.82 Å². The highest BCUT2D eigenvalue weighted by Crippen LogP contribution is 2.18. The van der Waals surface area contributed by atoms with Gasteiger partial charge in [-0.25, -0.2) is 4.68 Å². The smallest absolute Gasteiger partial charge is 0.224 e. The normalized spacial score (nSPS) is 18.3. The minimum Gasteiger partial charge on any atom is -0.396 e. The molecule has 0 bridgehead atoms. The standard InChI is InChI=1S/C15H19N3O/c1-17-15(5-8-16-17)18-9-6-14-12(7-10-19)3-2-4-13(14)11-18/h2-5,8,19H,6-7,9-11H2,1H3/p+1. The Kier molecular flexibility index (Phi) is 3.36. The second kappa shape index (κ2) is 5.15. The number of aryl methyl sites for hydroxylation is 1. The second-order valence-electron chi connectivity index (χ2n) is 5.15. The molecule has 19 heavy (non-hydrogen) atoms. The van der Waals surface area contributed by atoms with Crippen LogP contribution in [0.15, 0.2) is 30.5 Å². The first kappa shape index (κ1) is 12.4. The highest BCUT2D eigenvalue weighted by Gasteiger charge is 2.24. The summed E-state index contributed by atoms with van der Waals surface area (Å²) in [6.45, 7) is 2.33. The lowest BCUT2D eigenvalue weighted by atomic mass is 9.93. The third-order valence-electron chi connectivity index (χ3n) is 4.01. The van der Waals surface area contributed by atoms with Crippen molar-refractivity contribution in [3.05, 3.63) is 47.2 Å². The van der Waals surface area contributed by atoms with Crippen LogP contribution in [-0.2, 0) is 26.4 Å². The molecule has 1 aliphatic rings. The summed E-state index contributed by atoms with van der Waals surface area (Å²) < 4.78 is 1.96. The Morgan fingerprint density at radius 2 is 2.26 bits per heavy atom. The lowest BCUT2D eigenvalue weighted by Gasteiger charge is -2.26. The van der Waals surface area contributed by atoms with E-state index in [0.29, 0.717) is 0 Å². The van der Waals surface area contributed by atoms with Crippen LogP contribution in [0.3, 0.4) is 0 Å². The molecule has 0 aliphatic carbocycles. The summed E-state index contributed by atoms with van der Waals surface area (Å²) in [4.78, 5) is 1.47. The summed E-state index contributed by atoms with van der Waals surface area (Å²) in [6, 6.07) is 8.56. The zero-order chi connectivity index (χ0) is 13.2. The Bertz CT molecular complexity index is 577. The van der Waals surface area contributed by atoms with E-state index in [0.717, 1.165) is 25.9 Å². The fourth-order valence-corrected chi connectivity index (χ4v) is 3.06. The van der Waals surface area contributed by atoms with Gasteiger partial charge in [0, 0.05) is 31.7 Å². The molecule has 0 spiro atoms. The van der Waals surface area contributed by atoms with E-state index in [-0.39, 0.29) is 6.61 Å². The van der Waals surface area contributed by atoms with Crippen molar-refractivity contribution >= 4 is 5.82 Å². The first-order chi connectivity index (χ1) is 9.29. The van der Waals surface area contributed by atoms with Crippen LogP contribution in [0.2, 0.25) is 0 Å². The van der Waals surface area contributed by atoms with Crippen LogP contribution in [0, 0.1) is 0 Å². The minimum absolute atomic E-state index is 0.231. The van der Waals surface area contributed by atoms with Gasteiger partial charge in [0.1, 0.15) is 6.54 Å². The summed E-state index contributed by atoms with van der Waals surface area (Å²) >= 11 is 0. The molecule has 1 aromatic heterocycles. The maximum absolute atomic E-state index is 9.14. The van der Waals surface area contributed by atoms with Gasteiger partial charge in [-0.15, -0.1) is 0 Å². The molecule has 2 aromatic rings. The van der Waals surface area contributed by atoms with Gasteiger partial charge >= 0.3 is 0 Å². The Hall–Kier alpha value is -1.65. The first-order valence-electron chi connectivity index (χ1n) is 6.83. The predicted octanol–water partition coefficient (Wildman–Crippen LogP) is 0.228. The average Bonchev–Trinajstić information content (AvgIpc) is 2.85. The Labute approximate surface area is 113 Å². The van der Waals surface area contributed by atoms with E-state index in [1.54, 1.807) is 0 Å². The molecule has 0 fully saturated rings. The summed E-state index contributed by atoms with van der Waals surface area (Å²) in [6.07, 6.45) is 3.70. The summed E-state index contributed by atoms with van der Waals surface area (Å²) in [5.74, 6) is 1.25. The molecular weight excluding hydrogens is 238 g/mol. The maximum atomic E-state index is 9.14. The number of aliphatic hydroxyl groups is 1. The van der Waals surface area contributed by atoms with Gasteiger partial charge < -0.3 is 5.11 Å². The molecular formula is C15H20N3O+. The molecule has 0 amide bonds. The largest absolute Gasteiger partial charge is 0.396 e. The number of nitrogens with zero attached hydrogens (tertiary/aromatic N) is 2. The molecule has 1 unspecified atom stereocenters.